The molecule has 0 spiro atoms. The summed E-state index contributed by atoms with van der Waals surface area (Å²) in [6.45, 7) is 7.34. The number of benzene rings is 17. The van der Waals surface area contributed by atoms with Gasteiger partial charge in [-0.3, -0.25) is 0 Å². The first-order chi connectivity index (χ1) is 54.7. The summed E-state index contributed by atoms with van der Waals surface area (Å²) in [5.74, 6) is 0. The molecule has 2 aliphatic rings. The Labute approximate surface area is 649 Å². The molecule has 19 aromatic rings. The molecule has 4 heterocycles. The minimum atomic E-state index is -2.30. The van der Waals surface area contributed by atoms with Crippen LogP contribution in [0.25, 0.3) is 144 Å². The highest BCUT2D eigenvalue weighted by molar-refractivity contribution is 7.00. The summed E-state index contributed by atoms with van der Waals surface area (Å²) >= 11 is 0. The Morgan fingerprint density at radius 3 is 0.739 bits per heavy atom. The van der Waals surface area contributed by atoms with Crippen molar-refractivity contribution in [2.45, 2.75) is 19.6 Å². The highest BCUT2D eigenvalue weighted by Crippen LogP contribution is 2.54. The van der Waals surface area contributed by atoms with Gasteiger partial charge in [0, 0.05) is 77.9 Å². The predicted molar refractivity (Wildman–Crippen MR) is 476 cm³/mol. The van der Waals surface area contributed by atoms with Crippen LogP contribution in [0, 0.1) is 0 Å². The predicted octanol–water partition coefficient (Wildman–Crippen LogP) is 25.8. The van der Waals surface area contributed by atoms with Crippen LogP contribution in [-0.2, 0) is 0 Å². The van der Waals surface area contributed by atoms with E-state index in [0.29, 0.717) is 0 Å². The van der Waals surface area contributed by atoms with Crippen LogP contribution >= 0.6 is 0 Å². The van der Waals surface area contributed by atoms with Crippen LogP contribution in [0.4, 0.5) is 34.1 Å². The molecule has 17 aromatic carbocycles. The van der Waals surface area contributed by atoms with E-state index in [2.05, 4.69) is 439 Å². The fourth-order valence-electron chi connectivity index (χ4n) is 18.0. The van der Waals surface area contributed by atoms with Gasteiger partial charge in [0.1, 0.15) is 0 Å². The van der Waals surface area contributed by atoms with E-state index < -0.39 is 8.07 Å². The molecule has 522 valence electrons. The van der Waals surface area contributed by atoms with Gasteiger partial charge in [-0.15, -0.1) is 0 Å². The number of rotatable bonds is 13. The van der Waals surface area contributed by atoms with E-state index in [-0.39, 0.29) is 6.71 Å². The van der Waals surface area contributed by atoms with Crippen molar-refractivity contribution in [3.63, 3.8) is 0 Å². The maximum Gasteiger partial charge on any atom is 0.252 e. The van der Waals surface area contributed by atoms with E-state index in [0.717, 1.165) is 101 Å². The first kappa shape index (κ1) is 65.5. The van der Waals surface area contributed by atoms with Crippen molar-refractivity contribution in [1.29, 1.82) is 0 Å². The minimum absolute atomic E-state index is 0.251. The molecule has 0 fully saturated rings. The minimum Gasteiger partial charge on any atom is -0.310 e. The van der Waals surface area contributed by atoms with Gasteiger partial charge in [0.2, 0.25) is 0 Å². The van der Waals surface area contributed by atoms with Crippen molar-refractivity contribution < 1.29 is 0 Å². The third kappa shape index (κ3) is 11.0. The quantitative estimate of drug-likeness (QED) is 0.107. The van der Waals surface area contributed by atoms with Crippen molar-refractivity contribution in [2.75, 3.05) is 9.80 Å². The molecule has 0 radical (unpaired) electrons. The first-order valence-electron chi connectivity index (χ1n) is 38.7. The lowest BCUT2D eigenvalue weighted by molar-refractivity contribution is 1.17. The van der Waals surface area contributed by atoms with Crippen LogP contribution in [0.5, 0.6) is 0 Å². The monoisotopic (exact) mass is 1430 g/mol. The number of fused-ring (bicyclic) bond motifs is 10. The molecule has 2 aliphatic heterocycles. The van der Waals surface area contributed by atoms with Gasteiger partial charge >= 0.3 is 0 Å². The van der Waals surface area contributed by atoms with Crippen LogP contribution < -0.4 is 31.4 Å². The normalized spacial score (nSPS) is 12.4. The van der Waals surface area contributed by atoms with Crippen LogP contribution in [0.3, 0.4) is 0 Å². The third-order valence-corrected chi connectivity index (χ3v) is 25.3. The standard InChI is InChI=1S/C105H75BN4Si/c1-111(2,3)84-68-101-103-102(69-84)110(105-87(76-42-24-10-25-43-76)48-29-49-88(105)77-44-26-11-27-45-77)100-67-83(108-97-60-52-80(72-34-16-6-17-35-72)64-91(97)92-65-81(53-61-98(92)108)73-36-18-7-19-37-73)55-57-94(100)106(103)93-56-54-82(66-99(93)109(101)104-85(74-38-20-8-21-39-74)46-28-47-86(104)75-40-22-9-23-41-75)107-95-58-50-78(70-30-12-4-13-31-70)62-89(95)90-63-79(51-59-96(90)107)71-32-14-5-15-33-71/h4-69H,1-3H3. The summed E-state index contributed by atoms with van der Waals surface area (Å²) < 4.78 is 5.08. The average molecular weight is 1430 g/mol. The maximum absolute atomic E-state index is 2.72. The van der Waals surface area contributed by atoms with Gasteiger partial charge in [-0.05, 0) is 168 Å². The average Bonchev–Trinajstić information content (AvgIpc) is 1.24. The van der Waals surface area contributed by atoms with Gasteiger partial charge < -0.3 is 18.9 Å². The number of hydrogen-bond acceptors (Lipinski definition) is 2. The van der Waals surface area contributed by atoms with Gasteiger partial charge in [0.05, 0.1) is 41.5 Å². The van der Waals surface area contributed by atoms with Gasteiger partial charge in [-0.25, -0.2) is 0 Å². The molecule has 0 aliphatic carbocycles. The number of para-hydroxylation sites is 2. The van der Waals surface area contributed by atoms with Crippen molar-refractivity contribution >= 4 is 114 Å². The Bertz CT molecular complexity index is 6120. The second kappa shape index (κ2) is 26.6. The molecular weight excluding hydrogens is 1360 g/mol. The molecule has 0 N–H and O–H groups in total. The summed E-state index contributed by atoms with van der Waals surface area (Å²) in [7, 11) is -2.30. The van der Waals surface area contributed by atoms with Gasteiger partial charge in [0.25, 0.3) is 6.71 Å². The molecule has 0 saturated heterocycles. The van der Waals surface area contributed by atoms with Crippen molar-refractivity contribution in [1.82, 2.24) is 9.13 Å². The van der Waals surface area contributed by atoms with Gasteiger partial charge in [-0.1, -0.05) is 340 Å². The zero-order valence-electron chi connectivity index (χ0n) is 62.0. The molecule has 4 nitrogen and oxygen atoms in total. The fourth-order valence-corrected chi connectivity index (χ4v) is 19.1. The van der Waals surface area contributed by atoms with E-state index >= 15 is 0 Å². The topological polar surface area (TPSA) is 16.3 Å². The first-order valence-corrected chi connectivity index (χ1v) is 42.2. The van der Waals surface area contributed by atoms with Crippen LogP contribution in [0.15, 0.2) is 400 Å². The summed E-state index contributed by atoms with van der Waals surface area (Å²) in [5.41, 5.74) is 36.0. The van der Waals surface area contributed by atoms with E-state index in [1.807, 2.05) is 0 Å². The summed E-state index contributed by atoms with van der Waals surface area (Å²) in [4.78, 5) is 5.45. The summed E-state index contributed by atoms with van der Waals surface area (Å²) in [6, 6.07) is 150. The molecular formula is C105H75BN4Si. The smallest absolute Gasteiger partial charge is 0.252 e. The Hall–Kier alpha value is -13.8. The number of aromatic nitrogens is 2. The van der Waals surface area contributed by atoms with Crippen LogP contribution in [0.2, 0.25) is 19.6 Å². The molecule has 2 aromatic heterocycles. The largest absolute Gasteiger partial charge is 0.310 e. The van der Waals surface area contributed by atoms with Gasteiger partial charge in [0.15, 0.2) is 0 Å². The SMILES string of the molecule is C[Si](C)(C)c1cc2c3c(c1)N(c1c(-c4ccccc4)cccc1-c1ccccc1)c1cc(-n4c5ccc(-c6ccccc6)cc5c5cc(-c6ccccc6)ccc54)ccc1B3c1ccc(-n3c4ccc(-c5ccccc5)cc4c4cc(-c5ccccc5)ccc43)cc1N2c1c(-c2ccccc2)cccc1-c1ccccc1. The second-order valence-corrected chi connectivity index (χ2v) is 35.8. The lowest BCUT2D eigenvalue weighted by atomic mass is 9.33. The molecule has 0 amide bonds. The van der Waals surface area contributed by atoms with Gasteiger partial charge in [-0.2, -0.15) is 0 Å². The van der Waals surface area contributed by atoms with Crippen LogP contribution in [0.1, 0.15) is 0 Å². The van der Waals surface area contributed by atoms with Crippen molar-refractivity contribution in [2.24, 2.45) is 0 Å². The summed E-state index contributed by atoms with van der Waals surface area (Å²) in [6.07, 6.45) is 0. The fraction of sp³-hybridized carbons (Fsp3) is 0.0286. The molecule has 0 saturated carbocycles. The lowest BCUT2D eigenvalue weighted by Crippen LogP contribution is -2.62. The van der Waals surface area contributed by atoms with E-state index in [1.54, 1.807) is 0 Å². The Kier molecular flexibility index (Phi) is 15.7. The molecule has 0 bridgehead atoms. The number of hydrogen-bond donors (Lipinski definition) is 0. The van der Waals surface area contributed by atoms with E-state index in [9.17, 15) is 0 Å². The van der Waals surface area contributed by atoms with Crippen molar-refractivity contribution in [3.8, 4) is 100 Å². The Balaban J connectivity index is 0.894. The lowest BCUT2D eigenvalue weighted by Gasteiger charge is -2.46. The molecule has 6 heteroatoms. The Morgan fingerprint density at radius 2 is 0.477 bits per heavy atom. The summed E-state index contributed by atoms with van der Waals surface area (Å²) in [5, 5.41) is 6.17. The number of nitrogens with zero attached hydrogens (tertiary/aromatic N) is 4. The van der Waals surface area contributed by atoms with E-state index in [4.69, 9.17) is 0 Å². The zero-order chi connectivity index (χ0) is 73.8. The number of anilines is 6. The third-order valence-electron chi connectivity index (χ3n) is 23.2. The Morgan fingerprint density at radius 1 is 0.216 bits per heavy atom. The highest BCUT2D eigenvalue weighted by Gasteiger charge is 2.46. The molecule has 0 atom stereocenters. The second-order valence-electron chi connectivity index (χ2n) is 30.7. The van der Waals surface area contributed by atoms with Crippen molar-refractivity contribution in [3.05, 3.63) is 400 Å². The van der Waals surface area contributed by atoms with E-state index in [1.165, 1.54) is 99.0 Å². The zero-order valence-corrected chi connectivity index (χ0v) is 63.0. The highest BCUT2D eigenvalue weighted by atomic mass is 28.3. The molecule has 0 unspecified atom stereocenters. The van der Waals surface area contributed by atoms with Crippen LogP contribution in [-0.4, -0.2) is 23.9 Å². The molecule has 111 heavy (non-hydrogen) atoms. The molecule has 21 rings (SSSR count). The maximum atomic E-state index is 2.72.